The molecule has 1 amide bonds. The fourth-order valence-corrected chi connectivity index (χ4v) is 6.34. The van der Waals surface area contributed by atoms with Crippen molar-refractivity contribution in [2.45, 2.75) is 41.7 Å². The molecule has 3 rings (SSSR count). The topological polar surface area (TPSA) is 92.3 Å². The van der Waals surface area contributed by atoms with Crippen LogP contribution in [0.25, 0.3) is 0 Å². The number of aryl methyl sites for hydroxylation is 1. The van der Waals surface area contributed by atoms with E-state index in [4.69, 9.17) is 0 Å². The second kappa shape index (κ2) is 10.3. The molecule has 0 atom stereocenters. The maximum atomic E-state index is 13.4. The van der Waals surface area contributed by atoms with Gasteiger partial charge in [0.2, 0.25) is 11.0 Å². The Morgan fingerprint density at radius 3 is 2.45 bits per heavy atom. The Morgan fingerprint density at radius 2 is 1.77 bits per heavy atom. The standard InChI is InChI=1S/C21H24N4O3S3/c1-4-16-10-8-9-13-18(16)25(31(27,28)17-11-6-5-7-12-17)14-19(26)22-20-23-24-21(30-20)29-15(2)3/h5-13,15H,4,14H2,1-3H3,(H,22,23,26). The van der Waals surface area contributed by atoms with E-state index in [0.29, 0.717) is 22.5 Å². The number of nitrogens with one attached hydrogen (secondary N) is 1. The zero-order valence-corrected chi connectivity index (χ0v) is 19.9. The molecule has 1 aromatic heterocycles. The first-order valence-electron chi connectivity index (χ1n) is 9.77. The molecule has 3 aromatic rings. The van der Waals surface area contributed by atoms with Crippen LogP contribution in [-0.2, 0) is 21.2 Å². The highest BCUT2D eigenvalue weighted by molar-refractivity contribution is 8.01. The van der Waals surface area contributed by atoms with Crippen LogP contribution in [-0.4, -0.2) is 36.3 Å². The molecule has 0 aliphatic heterocycles. The molecule has 0 aliphatic rings. The lowest BCUT2D eigenvalue weighted by atomic mass is 10.1. The van der Waals surface area contributed by atoms with Gasteiger partial charge < -0.3 is 0 Å². The van der Waals surface area contributed by atoms with Gasteiger partial charge in [0.25, 0.3) is 10.0 Å². The normalized spacial score (nSPS) is 11.5. The van der Waals surface area contributed by atoms with Gasteiger partial charge in [0.15, 0.2) is 4.34 Å². The number of hydrogen-bond acceptors (Lipinski definition) is 7. The van der Waals surface area contributed by atoms with E-state index in [9.17, 15) is 13.2 Å². The van der Waals surface area contributed by atoms with Gasteiger partial charge in [0, 0.05) is 5.25 Å². The molecule has 0 spiro atoms. The molecule has 0 aliphatic carbocycles. The van der Waals surface area contributed by atoms with Gasteiger partial charge in [0.05, 0.1) is 10.6 Å². The third-order valence-corrected chi connectivity index (χ3v) is 7.95. The number of rotatable bonds is 9. The molecule has 0 fully saturated rings. The Morgan fingerprint density at radius 1 is 1.10 bits per heavy atom. The van der Waals surface area contributed by atoms with Crippen molar-refractivity contribution >= 4 is 49.8 Å². The predicted octanol–water partition coefficient (Wildman–Crippen LogP) is 4.44. The number of anilines is 2. The molecular formula is C21H24N4O3S3. The molecule has 1 heterocycles. The summed E-state index contributed by atoms with van der Waals surface area (Å²) >= 11 is 2.82. The quantitative estimate of drug-likeness (QED) is 0.363. The summed E-state index contributed by atoms with van der Waals surface area (Å²) in [5.74, 6) is -0.484. The monoisotopic (exact) mass is 476 g/mol. The SMILES string of the molecule is CCc1ccccc1N(CC(=O)Nc1nnc(SC(C)C)s1)S(=O)(=O)c1ccccc1. The second-order valence-corrected chi connectivity index (χ2v) is 11.6. The van der Waals surface area contributed by atoms with E-state index in [1.54, 1.807) is 42.1 Å². The number of hydrogen-bond donors (Lipinski definition) is 1. The average molecular weight is 477 g/mol. The third kappa shape index (κ3) is 5.84. The number of carbonyl (C=O) groups is 1. The number of para-hydroxylation sites is 1. The third-order valence-electron chi connectivity index (χ3n) is 4.25. The van der Waals surface area contributed by atoms with Crippen LogP contribution in [0.15, 0.2) is 63.8 Å². The van der Waals surface area contributed by atoms with Crippen molar-refractivity contribution in [2.75, 3.05) is 16.2 Å². The molecular weight excluding hydrogens is 452 g/mol. The minimum atomic E-state index is -3.95. The molecule has 0 radical (unpaired) electrons. The van der Waals surface area contributed by atoms with Crippen molar-refractivity contribution in [2.24, 2.45) is 0 Å². The minimum absolute atomic E-state index is 0.125. The van der Waals surface area contributed by atoms with E-state index in [0.717, 1.165) is 14.2 Å². The van der Waals surface area contributed by atoms with Gasteiger partial charge in [-0.05, 0) is 30.2 Å². The highest BCUT2D eigenvalue weighted by atomic mass is 32.2. The van der Waals surface area contributed by atoms with E-state index >= 15 is 0 Å². The Labute approximate surface area is 191 Å². The molecule has 31 heavy (non-hydrogen) atoms. The lowest BCUT2D eigenvalue weighted by molar-refractivity contribution is -0.114. The van der Waals surface area contributed by atoms with Gasteiger partial charge in [-0.3, -0.25) is 14.4 Å². The summed E-state index contributed by atoms with van der Waals surface area (Å²) in [4.78, 5) is 12.9. The van der Waals surface area contributed by atoms with Gasteiger partial charge in [-0.1, -0.05) is 80.3 Å². The van der Waals surface area contributed by atoms with Crippen LogP contribution in [0.2, 0.25) is 0 Å². The van der Waals surface area contributed by atoms with E-state index < -0.39 is 15.9 Å². The zero-order chi connectivity index (χ0) is 22.4. The summed E-state index contributed by atoms with van der Waals surface area (Å²) in [6.45, 7) is 5.66. The van der Waals surface area contributed by atoms with Crippen molar-refractivity contribution in [3.63, 3.8) is 0 Å². The maximum Gasteiger partial charge on any atom is 0.264 e. The van der Waals surface area contributed by atoms with E-state index in [1.807, 2.05) is 32.9 Å². The predicted molar refractivity (Wildman–Crippen MR) is 126 cm³/mol. The van der Waals surface area contributed by atoms with Gasteiger partial charge >= 0.3 is 0 Å². The Bertz CT molecular complexity index is 1130. The second-order valence-electron chi connectivity index (χ2n) is 6.89. The van der Waals surface area contributed by atoms with E-state index in [2.05, 4.69) is 15.5 Å². The van der Waals surface area contributed by atoms with Crippen LogP contribution >= 0.6 is 23.1 Å². The number of thioether (sulfide) groups is 1. The van der Waals surface area contributed by atoms with Crippen LogP contribution < -0.4 is 9.62 Å². The largest absolute Gasteiger partial charge is 0.299 e. The number of carbonyl (C=O) groups excluding carboxylic acids is 1. The molecule has 0 unspecified atom stereocenters. The van der Waals surface area contributed by atoms with Crippen molar-refractivity contribution in [1.29, 1.82) is 0 Å². The van der Waals surface area contributed by atoms with Crippen molar-refractivity contribution in [1.82, 2.24) is 10.2 Å². The molecule has 7 nitrogen and oxygen atoms in total. The van der Waals surface area contributed by atoms with Crippen molar-refractivity contribution in [3.8, 4) is 0 Å². The number of nitrogens with zero attached hydrogens (tertiary/aromatic N) is 3. The fourth-order valence-electron chi connectivity index (χ4n) is 2.87. The fraction of sp³-hybridized carbons (Fsp3) is 0.286. The summed E-state index contributed by atoms with van der Waals surface area (Å²) in [5, 5.41) is 11.4. The highest BCUT2D eigenvalue weighted by Crippen LogP contribution is 2.30. The van der Waals surface area contributed by atoms with Gasteiger partial charge in [-0.25, -0.2) is 8.42 Å². The Balaban J connectivity index is 1.90. The number of sulfonamides is 1. The summed E-state index contributed by atoms with van der Waals surface area (Å²) in [5.41, 5.74) is 1.32. The Kier molecular flexibility index (Phi) is 7.69. The summed E-state index contributed by atoms with van der Waals surface area (Å²) in [7, 11) is -3.95. The number of aromatic nitrogens is 2. The molecule has 2 aromatic carbocycles. The smallest absolute Gasteiger partial charge is 0.264 e. The molecule has 0 saturated heterocycles. The molecule has 10 heteroatoms. The van der Waals surface area contributed by atoms with Crippen molar-refractivity contribution in [3.05, 3.63) is 60.2 Å². The average Bonchev–Trinajstić information content (AvgIpc) is 3.18. The zero-order valence-electron chi connectivity index (χ0n) is 17.5. The van der Waals surface area contributed by atoms with Crippen LogP contribution in [0.1, 0.15) is 26.3 Å². The molecule has 164 valence electrons. The number of benzene rings is 2. The van der Waals surface area contributed by atoms with Crippen molar-refractivity contribution < 1.29 is 13.2 Å². The maximum absolute atomic E-state index is 13.4. The first-order valence-corrected chi connectivity index (χ1v) is 12.9. The van der Waals surface area contributed by atoms with Crippen LogP contribution in [0.4, 0.5) is 10.8 Å². The Hall–Kier alpha value is -2.43. The van der Waals surface area contributed by atoms with Gasteiger partial charge in [0.1, 0.15) is 6.54 Å². The van der Waals surface area contributed by atoms with Crippen LogP contribution in [0.3, 0.4) is 0 Å². The van der Waals surface area contributed by atoms with Crippen LogP contribution in [0.5, 0.6) is 0 Å². The number of amides is 1. The van der Waals surface area contributed by atoms with E-state index in [-0.39, 0.29) is 11.4 Å². The van der Waals surface area contributed by atoms with Crippen LogP contribution in [0, 0.1) is 0 Å². The first kappa shape index (κ1) is 23.2. The van der Waals surface area contributed by atoms with Gasteiger partial charge in [-0.15, -0.1) is 10.2 Å². The summed E-state index contributed by atoms with van der Waals surface area (Å²) in [6.07, 6.45) is 0.630. The lowest BCUT2D eigenvalue weighted by Crippen LogP contribution is -2.38. The lowest BCUT2D eigenvalue weighted by Gasteiger charge is -2.26. The highest BCUT2D eigenvalue weighted by Gasteiger charge is 2.28. The summed E-state index contributed by atoms with van der Waals surface area (Å²) < 4.78 is 28.8. The summed E-state index contributed by atoms with van der Waals surface area (Å²) in [6, 6.07) is 15.3. The minimum Gasteiger partial charge on any atom is -0.299 e. The molecule has 1 N–H and O–H groups in total. The van der Waals surface area contributed by atoms with Gasteiger partial charge in [-0.2, -0.15) is 0 Å². The molecule has 0 bridgehead atoms. The first-order chi connectivity index (χ1) is 14.8. The van der Waals surface area contributed by atoms with E-state index in [1.165, 1.54) is 23.5 Å². The molecule has 0 saturated carbocycles.